The zero-order valence-electron chi connectivity index (χ0n) is 19.4. The molecule has 0 saturated heterocycles. The summed E-state index contributed by atoms with van der Waals surface area (Å²) in [6.45, 7) is 10.2. The number of anilines is 1. The number of nitrogens with one attached hydrogen (secondary N) is 2. The predicted octanol–water partition coefficient (Wildman–Crippen LogP) is 7.36. The van der Waals surface area contributed by atoms with E-state index in [1.54, 1.807) is 18.3 Å². The van der Waals surface area contributed by atoms with E-state index >= 15 is 4.39 Å². The van der Waals surface area contributed by atoms with Gasteiger partial charge in [-0.15, -0.1) is 0 Å². The van der Waals surface area contributed by atoms with Crippen LogP contribution >= 0.6 is 0 Å². The van der Waals surface area contributed by atoms with Crippen LogP contribution in [-0.2, 0) is 0 Å². The Kier molecular flexibility index (Phi) is 5.25. The normalized spacial score (nSPS) is 23.4. The molecule has 2 N–H and O–H groups in total. The average Bonchev–Trinajstić information content (AvgIpc) is 3.30. The van der Waals surface area contributed by atoms with Crippen molar-refractivity contribution in [2.24, 2.45) is 17.8 Å². The molecule has 2 atom stereocenters. The highest BCUT2D eigenvalue weighted by molar-refractivity contribution is 6.00. The number of hydrogen-bond acceptors (Lipinski definition) is 3. The summed E-state index contributed by atoms with van der Waals surface area (Å²) >= 11 is 0. The Morgan fingerprint density at radius 1 is 1.09 bits per heavy atom. The van der Waals surface area contributed by atoms with Gasteiger partial charge < -0.3 is 10.3 Å². The van der Waals surface area contributed by atoms with Crippen LogP contribution in [0.4, 0.5) is 20.3 Å². The molecule has 3 fully saturated rings. The van der Waals surface area contributed by atoms with Gasteiger partial charge in [0.15, 0.2) is 11.6 Å². The van der Waals surface area contributed by atoms with E-state index in [2.05, 4.69) is 27.1 Å². The van der Waals surface area contributed by atoms with Crippen molar-refractivity contribution >= 4 is 22.5 Å². The van der Waals surface area contributed by atoms with Crippen molar-refractivity contribution in [2.45, 2.75) is 38.6 Å². The molecule has 0 unspecified atom stereocenters. The fourth-order valence-corrected chi connectivity index (χ4v) is 6.15. The minimum Gasteiger partial charge on any atom is -0.364 e. The van der Waals surface area contributed by atoms with Crippen molar-refractivity contribution in [2.75, 3.05) is 5.32 Å². The van der Waals surface area contributed by atoms with Crippen molar-refractivity contribution < 1.29 is 8.78 Å². The van der Waals surface area contributed by atoms with Crippen LogP contribution < -0.4 is 5.32 Å². The number of hydrogen-bond donors (Lipinski definition) is 2. The molecule has 1 aromatic carbocycles. The van der Waals surface area contributed by atoms with Gasteiger partial charge in [0.05, 0.1) is 18.5 Å². The second-order valence-corrected chi connectivity index (χ2v) is 9.78. The molecule has 7 heteroatoms. The van der Waals surface area contributed by atoms with Gasteiger partial charge in [0.2, 0.25) is 5.69 Å². The third-order valence-electron chi connectivity index (χ3n) is 7.98. The maximum absolute atomic E-state index is 16.2. The molecule has 35 heavy (non-hydrogen) atoms. The molecule has 4 aromatic rings. The molecule has 5 nitrogen and oxygen atoms in total. The summed E-state index contributed by atoms with van der Waals surface area (Å²) in [6, 6.07) is 10.6. The molecule has 7 rings (SSSR count). The van der Waals surface area contributed by atoms with Crippen LogP contribution in [-0.4, -0.2) is 21.0 Å². The van der Waals surface area contributed by atoms with Crippen molar-refractivity contribution in [1.82, 2.24) is 15.0 Å². The summed E-state index contributed by atoms with van der Waals surface area (Å²) in [5.74, 6) is 0.668. The monoisotopic (exact) mass is 469 g/mol. The molecule has 0 radical (unpaired) electrons. The third kappa shape index (κ3) is 3.56. The van der Waals surface area contributed by atoms with Crippen molar-refractivity contribution in [3.63, 3.8) is 0 Å². The summed E-state index contributed by atoms with van der Waals surface area (Å²) in [6.07, 6.45) is 7.53. The fraction of sp³-hybridized carbons (Fsp3) is 0.321. The van der Waals surface area contributed by atoms with E-state index in [4.69, 9.17) is 11.6 Å². The van der Waals surface area contributed by atoms with Gasteiger partial charge in [-0.3, -0.25) is 0 Å². The van der Waals surface area contributed by atoms with Gasteiger partial charge in [0, 0.05) is 28.8 Å². The number of aromatic nitrogens is 3. The molecule has 2 bridgehead atoms. The highest BCUT2D eigenvalue weighted by Crippen LogP contribution is 2.48. The van der Waals surface area contributed by atoms with E-state index in [-0.39, 0.29) is 23.1 Å². The zero-order valence-corrected chi connectivity index (χ0v) is 19.4. The van der Waals surface area contributed by atoms with Crippen LogP contribution in [0.25, 0.3) is 38.3 Å². The van der Waals surface area contributed by atoms with Gasteiger partial charge in [-0.25, -0.2) is 23.6 Å². The maximum atomic E-state index is 16.2. The first-order valence-electron chi connectivity index (χ1n) is 12.1. The van der Waals surface area contributed by atoms with Crippen LogP contribution in [0.5, 0.6) is 0 Å². The first kappa shape index (κ1) is 21.7. The minimum atomic E-state index is -0.524. The Balaban J connectivity index is 1.57. The number of rotatable bonds is 4. The van der Waals surface area contributed by atoms with Crippen LogP contribution in [0.3, 0.4) is 0 Å². The van der Waals surface area contributed by atoms with Gasteiger partial charge in [0.25, 0.3) is 0 Å². The van der Waals surface area contributed by atoms with E-state index in [1.807, 2.05) is 18.2 Å². The fourth-order valence-electron chi connectivity index (χ4n) is 6.15. The minimum absolute atomic E-state index is 0.0997. The number of halogens is 2. The number of benzene rings is 1. The number of aromatic amines is 1. The molecule has 3 aliphatic carbocycles. The standard InChI is InChI=1S/C28H25F2N5/c1-15-16-8-10-18(11-9-16)24(15)34-28-23(30)22(17-6-4-3-5-7-17)26(31-2)25(35-28)21-14-33-27-20(21)12-19(29)13-32-27/h3-7,12-16,18,24H,8-11H2,1H3,(H,32,33)(H,34,35)/t15-,16?,18?,24+/m0/s1. The summed E-state index contributed by atoms with van der Waals surface area (Å²) < 4.78 is 30.3. The lowest BCUT2D eigenvalue weighted by atomic mass is 9.62. The Morgan fingerprint density at radius 3 is 2.54 bits per heavy atom. The largest absolute Gasteiger partial charge is 0.364 e. The first-order valence-corrected chi connectivity index (χ1v) is 12.1. The second kappa shape index (κ2) is 8.46. The molecular formula is C28H25F2N5. The Morgan fingerprint density at radius 2 is 1.83 bits per heavy atom. The second-order valence-electron chi connectivity index (χ2n) is 9.78. The van der Waals surface area contributed by atoms with E-state index in [0.29, 0.717) is 45.6 Å². The maximum Gasteiger partial charge on any atom is 0.223 e. The van der Waals surface area contributed by atoms with Gasteiger partial charge in [-0.2, -0.15) is 0 Å². The Bertz CT molecular complexity index is 1450. The molecule has 0 spiro atoms. The number of pyridine rings is 2. The SMILES string of the molecule is [C-]#[N+]c1c(-c2c[nH]c3ncc(F)cc23)nc(N[C@H]2C3CCC(CC3)[C@@H]2C)c(F)c1-c1ccccc1. The van der Waals surface area contributed by atoms with Crippen LogP contribution in [0.2, 0.25) is 0 Å². The number of H-pyrrole nitrogens is 1. The molecule has 0 amide bonds. The summed E-state index contributed by atoms with van der Waals surface area (Å²) in [4.78, 5) is 15.6. The lowest BCUT2D eigenvalue weighted by Crippen LogP contribution is -2.47. The van der Waals surface area contributed by atoms with Crippen molar-refractivity contribution in [3.8, 4) is 22.4 Å². The van der Waals surface area contributed by atoms with Gasteiger partial charge in [0.1, 0.15) is 11.5 Å². The molecular weight excluding hydrogens is 444 g/mol. The Hall–Kier alpha value is -3.79. The summed E-state index contributed by atoms with van der Waals surface area (Å²) in [5.41, 5.74) is 2.23. The summed E-state index contributed by atoms with van der Waals surface area (Å²) in [5, 5.41) is 3.97. The molecule has 3 aliphatic rings. The number of nitrogens with zero attached hydrogens (tertiary/aromatic N) is 3. The van der Waals surface area contributed by atoms with Crippen molar-refractivity contribution in [3.05, 3.63) is 71.8 Å². The highest BCUT2D eigenvalue weighted by atomic mass is 19.1. The third-order valence-corrected chi connectivity index (χ3v) is 7.98. The topological polar surface area (TPSA) is 58.0 Å². The molecule has 3 heterocycles. The van der Waals surface area contributed by atoms with Gasteiger partial charge >= 0.3 is 0 Å². The predicted molar refractivity (Wildman–Crippen MR) is 133 cm³/mol. The molecule has 176 valence electrons. The van der Waals surface area contributed by atoms with Gasteiger partial charge in [-0.1, -0.05) is 37.3 Å². The lowest BCUT2D eigenvalue weighted by Gasteiger charge is -2.47. The van der Waals surface area contributed by atoms with E-state index in [0.717, 1.165) is 19.0 Å². The molecule has 0 aliphatic heterocycles. The lowest BCUT2D eigenvalue weighted by molar-refractivity contribution is 0.0926. The van der Waals surface area contributed by atoms with Crippen LogP contribution in [0, 0.1) is 36.0 Å². The van der Waals surface area contributed by atoms with Crippen LogP contribution in [0.15, 0.2) is 48.8 Å². The van der Waals surface area contributed by atoms with E-state index < -0.39 is 11.6 Å². The quantitative estimate of drug-likeness (QED) is 0.307. The van der Waals surface area contributed by atoms with Crippen LogP contribution in [0.1, 0.15) is 32.6 Å². The smallest absolute Gasteiger partial charge is 0.223 e. The summed E-state index contributed by atoms with van der Waals surface area (Å²) in [7, 11) is 0. The highest BCUT2D eigenvalue weighted by Gasteiger charge is 2.42. The number of fused-ring (bicyclic) bond motifs is 4. The Labute approximate surface area is 202 Å². The van der Waals surface area contributed by atoms with Gasteiger partial charge in [-0.05, 0) is 55.1 Å². The average molecular weight is 470 g/mol. The molecule has 3 aromatic heterocycles. The molecule has 3 saturated carbocycles. The first-order chi connectivity index (χ1) is 17.0. The van der Waals surface area contributed by atoms with Crippen molar-refractivity contribution in [1.29, 1.82) is 0 Å². The van der Waals surface area contributed by atoms with E-state index in [9.17, 15) is 4.39 Å². The zero-order chi connectivity index (χ0) is 24.1. The van der Waals surface area contributed by atoms with E-state index in [1.165, 1.54) is 18.9 Å².